The zero-order chi connectivity index (χ0) is 25.9. The summed E-state index contributed by atoms with van der Waals surface area (Å²) >= 11 is 2.35. The first-order valence-corrected chi connectivity index (χ1v) is 12.0. The topological polar surface area (TPSA) is 183 Å². The molecule has 0 aromatic carbocycles. The van der Waals surface area contributed by atoms with Crippen LogP contribution in [0.1, 0.15) is 26.5 Å². The highest BCUT2D eigenvalue weighted by molar-refractivity contribution is 8.00. The van der Waals surface area contributed by atoms with Gasteiger partial charge in [-0.3, -0.25) is 14.5 Å². The van der Waals surface area contributed by atoms with Crippen LogP contribution in [0.4, 0.5) is 9.93 Å². The summed E-state index contributed by atoms with van der Waals surface area (Å²) in [6.07, 6.45) is -0.178. The van der Waals surface area contributed by atoms with Crippen LogP contribution in [0.2, 0.25) is 0 Å². The average molecular weight is 526 g/mol. The maximum absolute atomic E-state index is 13.0. The van der Waals surface area contributed by atoms with Gasteiger partial charge in [-0.2, -0.15) is 0 Å². The molecule has 13 nitrogen and oxygen atoms in total. The van der Waals surface area contributed by atoms with E-state index in [1.807, 2.05) is 0 Å². The lowest BCUT2D eigenvalue weighted by molar-refractivity contribution is -0.160. The Bertz CT molecular complexity index is 1120. The predicted molar refractivity (Wildman–Crippen MR) is 126 cm³/mol. The van der Waals surface area contributed by atoms with Crippen LogP contribution in [-0.2, 0) is 28.7 Å². The Balaban J connectivity index is 1.74. The van der Waals surface area contributed by atoms with E-state index in [1.165, 1.54) is 23.2 Å². The Morgan fingerprint density at radius 1 is 1.43 bits per heavy atom. The molecule has 3 heterocycles. The molecule has 4 N–H and O–H groups in total. The standard InChI is InChI=1S/C20H23N5O8S2/c1-5-9-7-34-17-13(15(28)25(17)16(9)32-19(29)30)23-14(27)12(10-8-35-18(21)22-10)24-31-6-11(26)33-20(2,3)4/h5,8,13,17H,1,6-7H2,2-4H3,(H2,21,22)(H,23,27)(H,29,30)/t13?,17-/m0/s1. The van der Waals surface area contributed by atoms with E-state index < -0.39 is 47.6 Å². The molecule has 35 heavy (non-hydrogen) atoms. The lowest BCUT2D eigenvalue weighted by atomic mass is 10.1. The maximum atomic E-state index is 13.0. The number of fused-ring (bicyclic) bond motifs is 1. The van der Waals surface area contributed by atoms with Gasteiger partial charge in [-0.25, -0.2) is 14.6 Å². The molecule has 2 amide bonds. The number of nitrogens with zero attached hydrogens (tertiary/aromatic N) is 3. The number of thioether (sulfide) groups is 1. The number of rotatable bonds is 8. The van der Waals surface area contributed by atoms with Crippen LogP contribution in [0, 0.1) is 0 Å². The second-order valence-corrected chi connectivity index (χ2v) is 10.1. The van der Waals surface area contributed by atoms with Gasteiger partial charge in [0.1, 0.15) is 22.7 Å². The number of carbonyl (C=O) groups is 4. The average Bonchev–Trinajstić information content (AvgIpc) is 3.18. The zero-order valence-electron chi connectivity index (χ0n) is 19.0. The highest BCUT2D eigenvalue weighted by Crippen LogP contribution is 2.40. The first-order chi connectivity index (χ1) is 16.4. The molecule has 0 aliphatic carbocycles. The van der Waals surface area contributed by atoms with E-state index in [-0.39, 0.29) is 22.4 Å². The summed E-state index contributed by atoms with van der Waals surface area (Å²) in [5, 5.41) is 16.3. The molecule has 0 bridgehead atoms. The zero-order valence-corrected chi connectivity index (χ0v) is 20.6. The van der Waals surface area contributed by atoms with E-state index in [0.29, 0.717) is 11.3 Å². The summed E-state index contributed by atoms with van der Waals surface area (Å²) in [5.41, 5.74) is 5.13. The second-order valence-electron chi connectivity index (χ2n) is 8.13. The Labute approximate surface area is 208 Å². The number of oxime groups is 1. The summed E-state index contributed by atoms with van der Waals surface area (Å²) in [4.78, 5) is 58.9. The van der Waals surface area contributed by atoms with E-state index in [9.17, 15) is 19.2 Å². The van der Waals surface area contributed by atoms with Gasteiger partial charge < -0.3 is 30.5 Å². The normalized spacial score (nSPS) is 19.9. The number of β-lactam (4-membered cyclic amide) rings is 1. The van der Waals surface area contributed by atoms with Crippen LogP contribution in [0.15, 0.2) is 34.6 Å². The number of thiazole rings is 1. The third-order valence-corrected chi connectivity index (χ3v) is 6.38. The quantitative estimate of drug-likeness (QED) is 0.192. The van der Waals surface area contributed by atoms with Crippen molar-refractivity contribution in [2.75, 3.05) is 18.1 Å². The third kappa shape index (κ3) is 6.10. The van der Waals surface area contributed by atoms with Crippen LogP contribution in [0.25, 0.3) is 0 Å². The molecule has 2 aliphatic heterocycles. The van der Waals surface area contributed by atoms with Crippen molar-refractivity contribution in [1.29, 1.82) is 0 Å². The molecule has 0 spiro atoms. The van der Waals surface area contributed by atoms with Crippen molar-refractivity contribution in [1.82, 2.24) is 15.2 Å². The number of carbonyl (C=O) groups excluding carboxylic acids is 3. The van der Waals surface area contributed by atoms with Gasteiger partial charge in [0.15, 0.2) is 10.8 Å². The molecule has 188 valence electrons. The number of aromatic nitrogens is 1. The van der Waals surface area contributed by atoms with E-state index in [4.69, 9.17) is 25.2 Å². The Kier molecular flexibility index (Phi) is 7.70. The van der Waals surface area contributed by atoms with Crippen molar-refractivity contribution in [2.45, 2.75) is 37.8 Å². The van der Waals surface area contributed by atoms with Crippen molar-refractivity contribution >= 4 is 57.9 Å². The van der Waals surface area contributed by atoms with E-state index in [0.717, 1.165) is 16.2 Å². The number of nitrogens with two attached hydrogens (primary N) is 1. The number of hydrogen-bond acceptors (Lipinski definition) is 12. The number of esters is 1. The fraction of sp³-hybridized carbons (Fsp3) is 0.400. The third-order valence-electron chi connectivity index (χ3n) is 4.40. The van der Waals surface area contributed by atoms with Crippen molar-refractivity contribution < 1.29 is 38.6 Å². The molecule has 1 aromatic rings. The number of hydrogen-bond donors (Lipinski definition) is 3. The van der Waals surface area contributed by atoms with Gasteiger partial charge in [0, 0.05) is 16.7 Å². The number of amides is 2. The lowest BCUT2D eigenvalue weighted by Crippen LogP contribution is -2.70. The SMILES string of the molecule is C=CC1=C(OC(=O)O)N2C(=O)C(NC(=O)C(=NOCC(=O)OC(C)(C)C)c3csc(N)n3)[C@@H]2SC1. The monoisotopic (exact) mass is 525 g/mol. The molecule has 1 aromatic heterocycles. The van der Waals surface area contributed by atoms with Crippen LogP contribution in [-0.4, -0.2) is 74.0 Å². The van der Waals surface area contributed by atoms with Gasteiger partial charge in [0.05, 0.1) is 0 Å². The molecule has 2 atom stereocenters. The summed E-state index contributed by atoms with van der Waals surface area (Å²) in [6.45, 7) is 8.11. The first-order valence-electron chi connectivity index (χ1n) is 10.1. The Hall–Kier alpha value is -3.59. The predicted octanol–water partition coefficient (Wildman–Crippen LogP) is 1.28. The lowest BCUT2D eigenvalue weighted by Gasteiger charge is -2.48. The number of anilines is 1. The molecule has 3 rings (SSSR count). The van der Waals surface area contributed by atoms with Gasteiger partial charge >= 0.3 is 12.1 Å². The van der Waals surface area contributed by atoms with E-state index in [1.54, 1.807) is 20.8 Å². The van der Waals surface area contributed by atoms with Gasteiger partial charge in [0.25, 0.3) is 11.8 Å². The Morgan fingerprint density at radius 3 is 2.71 bits per heavy atom. The highest BCUT2D eigenvalue weighted by atomic mass is 32.2. The summed E-state index contributed by atoms with van der Waals surface area (Å²) in [7, 11) is 0. The highest BCUT2D eigenvalue weighted by Gasteiger charge is 2.54. The number of nitrogen functional groups attached to an aromatic ring is 1. The fourth-order valence-electron chi connectivity index (χ4n) is 3.05. The summed E-state index contributed by atoms with van der Waals surface area (Å²) in [6, 6.07) is -1.00. The van der Waals surface area contributed by atoms with Gasteiger partial charge in [-0.15, -0.1) is 23.1 Å². The van der Waals surface area contributed by atoms with Gasteiger partial charge in [-0.1, -0.05) is 17.8 Å². The summed E-state index contributed by atoms with van der Waals surface area (Å²) < 4.78 is 9.90. The van der Waals surface area contributed by atoms with Gasteiger partial charge in [0.2, 0.25) is 12.5 Å². The van der Waals surface area contributed by atoms with Gasteiger partial charge in [-0.05, 0) is 20.8 Å². The maximum Gasteiger partial charge on any atom is 0.512 e. The van der Waals surface area contributed by atoms with E-state index in [2.05, 4.69) is 22.0 Å². The second kappa shape index (κ2) is 10.4. The molecule has 2 aliphatic rings. The van der Waals surface area contributed by atoms with Crippen molar-refractivity contribution in [2.24, 2.45) is 5.16 Å². The minimum Gasteiger partial charge on any atom is -0.457 e. The van der Waals surface area contributed by atoms with Crippen molar-refractivity contribution in [3.63, 3.8) is 0 Å². The number of carboxylic acid groups (broad SMARTS) is 1. The first kappa shape index (κ1) is 26.0. The van der Waals surface area contributed by atoms with Crippen molar-refractivity contribution in [3.8, 4) is 0 Å². The smallest absolute Gasteiger partial charge is 0.457 e. The molecule has 0 saturated carbocycles. The minimum absolute atomic E-state index is 0.0813. The largest absolute Gasteiger partial charge is 0.512 e. The fourth-order valence-corrected chi connectivity index (χ4v) is 4.91. The number of allylic oxidation sites excluding steroid dienone is 1. The molecule has 15 heteroatoms. The molecule has 1 unspecified atom stereocenters. The number of ether oxygens (including phenoxy) is 2. The van der Waals surface area contributed by atoms with Crippen LogP contribution in [0.3, 0.4) is 0 Å². The Morgan fingerprint density at radius 2 is 2.14 bits per heavy atom. The molecule has 0 radical (unpaired) electrons. The van der Waals surface area contributed by atoms with Crippen molar-refractivity contribution in [3.05, 3.63) is 35.2 Å². The number of nitrogens with one attached hydrogen (secondary N) is 1. The van der Waals surface area contributed by atoms with E-state index >= 15 is 0 Å². The van der Waals surface area contributed by atoms with Crippen LogP contribution in [0.5, 0.6) is 0 Å². The van der Waals surface area contributed by atoms with Crippen LogP contribution >= 0.6 is 23.1 Å². The molecular weight excluding hydrogens is 502 g/mol. The molecule has 1 fully saturated rings. The molecule has 1 saturated heterocycles. The minimum atomic E-state index is -1.58. The summed E-state index contributed by atoms with van der Waals surface area (Å²) in [5.74, 6) is -1.92. The van der Waals surface area contributed by atoms with Crippen LogP contribution < -0.4 is 11.1 Å². The molecular formula is C20H23N5O8S2.